The van der Waals surface area contributed by atoms with Crippen molar-refractivity contribution in [3.63, 3.8) is 0 Å². The SMILES string of the molecule is COc1ccc(-c2cc3ncn(C)c(=O)c3c(NCc3cccnc3NS(C)(=O)=O)n2)cc1OC. The van der Waals surface area contributed by atoms with Gasteiger partial charge in [-0.25, -0.2) is 23.4 Å². The molecule has 0 saturated carbocycles. The van der Waals surface area contributed by atoms with Gasteiger partial charge < -0.3 is 19.4 Å². The highest BCUT2D eigenvalue weighted by Gasteiger charge is 2.16. The van der Waals surface area contributed by atoms with E-state index in [4.69, 9.17) is 14.5 Å². The number of nitrogens with zero attached hydrogens (tertiary/aromatic N) is 4. The first kappa shape index (κ1) is 24.0. The van der Waals surface area contributed by atoms with Gasteiger partial charge in [0.1, 0.15) is 17.0 Å². The number of fused-ring (bicyclic) bond motifs is 1. The molecule has 3 heterocycles. The van der Waals surface area contributed by atoms with Crippen molar-refractivity contribution in [2.75, 3.05) is 30.5 Å². The molecule has 0 unspecified atom stereocenters. The smallest absolute Gasteiger partial charge is 0.264 e. The average molecular weight is 497 g/mol. The quantitative estimate of drug-likeness (QED) is 0.377. The highest BCUT2D eigenvalue weighted by Crippen LogP contribution is 2.33. The first-order valence-electron chi connectivity index (χ1n) is 10.4. The standard InChI is InChI=1S/C23H24N6O5S/c1-29-13-26-17-11-16(14-7-8-18(33-2)19(10-14)34-3)27-22(20(17)23(29)30)25-12-15-6-5-9-24-21(15)28-35(4,31)32/h5-11,13H,12H2,1-4H3,(H,24,28)(H,25,27). The zero-order chi connectivity index (χ0) is 25.2. The summed E-state index contributed by atoms with van der Waals surface area (Å²) < 4.78 is 37.9. The molecule has 0 amide bonds. The lowest BCUT2D eigenvalue weighted by molar-refractivity contribution is 0.355. The molecular formula is C23H24N6O5S. The van der Waals surface area contributed by atoms with Crippen LogP contribution < -0.4 is 25.1 Å². The van der Waals surface area contributed by atoms with E-state index in [0.29, 0.717) is 39.5 Å². The van der Waals surface area contributed by atoms with Gasteiger partial charge in [-0.15, -0.1) is 0 Å². The maximum absolute atomic E-state index is 12.9. The van der Waals surface area contributed by atoms with E-state index in [1.807, 2.05) is 6.07 Å². The van der Waals surface area contributed by atoms with Crippen molar-refractivity contribution < 1.29 is 17.9 Å². The maximum atomic E-state index is 12.9. The van der Waals surface area contributed by atoms with E-state index < -0.39 is 10.0 Å². The van der Waals surface area contributed by atoms with E-state index in [2.05, 4.69) is 20.0 Å². The minimum Gasteiger partial charge on any atom is -0.493 e. The third-order valence-corrected chi connectivity index (χ3v) is 5.77. The third kappa shape index (κ3) is 5.17. The van der Waals surface area contributed by atoms with Gasteiger partial charge >= 0.3 is 0 Å². The first-order chi connectivity index (χ1) is 16.7. The molecule has 1 aromatic carbocycles. The first-order valence-corrected chi connectivity index (χ1v) is 12.3. The van der Waals surface area contributed by atoms with E-state index in [-0.39, 0.29) is 17.9 Å². The normalized spacial score (nSPS) is 11.3. The van der Waals surface area contributed by atoms with Gasteiger partial charge in [-0.05, 0) is 30.3 Å². The summed E-state index contributed by atoms with van der Waals surface area (Å²) in [6.45, 7) is 0.154. The Labute approximate surface area is 201 Å². The second-order valence-electron chi connectivity index (χ2n) is 7.72. The molecule has 182 valence electrons. The summed E-state index contributed by atoms with van der Waals surface area (Å²) >= 11 is 0. The molecule has 0 aliphatic heterocycles. The molecule has 4 aromatic rings. The van der Waals surface area contributed by atoms with Crippen molar-refractivity contribution in [2.24, 2.45) is 7.05 Å². The number of benzene rings is 1. The van der Waals surface area contributed by atoms with Crippen molar-refractivity contribution in [3.05, 3.63) is 64.8 Å². The Morgan fingerprint density at radius 2 is 1.80 bits per heavy atom. The zero-order valence-electron chi connectivity index (χ0n) is 19.6. The zero-order valence-corrected chi connectivity index (χ0v) is 20.4. The molecule has 35 heavy (non-hydrogen) atoms. The number of sulfonamides is 1. The summed E-state index contributed by atoms with van der Waals surface area (Å²) in [6, 6.07) is 10.5. The number of ether oxygens (including phenoxy) is 2. The molecular weight excluding hydrogens is 472 g/mol. The fourth-order valence-corrected chi connectivity index (χ4v) is 4.06. The number of pyridine rings is 2. The van der Waals surface area contributed by atoms with E-state index in [0.717, 1.165) is 11.8 Å². The number of hydrogen-bond donors (Lipinski definition) is 2. The molecule has 0 aliphatic rings. The van der Waals surface area contributed by atoms with Gasteiger partial charge in [0.05, 0.1) is 38.0 Å². The second-order valence-corrected chi connectivity index (χ2v) is 9.47. The Morgan fingerprint density at radius 1 is 1.03 bits per heavy atom. The molecule has 4 rings (SSSR count). The maximum Gasteiger partial charge on any atom is 0.264 e. The van der Waals surface area contributed by atoms with Crippen LogP contribution in [0, 0.1) is 0 Å². The van der Waals surface area contributed by atoms with Crippen LogP contribution in [0.5, 0.6) is 11.5 Å². The lowest BCUT2D eigenvalue weighted by Crippen LogP contribution is -2.19. The molecule has 3 aromatic heterocycles. The minimum absolute atomic E-state index is 0.154. The van der Waals surface area contributed by atoms with E-state index in [1.165, 1.54) is 17.1 Å². The number of hydrogen-bond acceptors (Lipinski definition) is 9. The van der Waals surface area contributed by atoms with Crippen LogP contribution in [0.2, 0.25) is 0 Å². The number of methoxy groups -OCH3 is 2. The Balaban J connectivity index is 1.80. The molecule has 0 aliphatic carbocycles. The summed E-state index contributed by atoms with van der Waals surface area (Å²) in [5, 5.41) is 3.47. The monoisotopic (exact) mass is 496 g/mol. The van der Waals surface area contributed by atoms with Crippen molar-refractivity contribution in [1.29, 1.82) is 0 Å². The lowest BCUT2D eigenvalue weighted by atomic mass is 10.1. The van der Waals surface area contributed by atoms with Crippen LogP contribution in [0.4, 0.5) is 11.6 Å². The summed E-state index contributed by atoms with van der Waals surface area (Å²) in [4.78, 5) is 26.2. The summed E-state index contributed by atoms with van der Waals surface area (Å²) in [7, 11) is 1.18. The lowest BCUT2D eigenvalue weighted by Gasteiger charge is -2.14. The average Bonchev–Trinajstić information content (AvgIpc) is 2.84. The number of anilines is 2. The van der Waals surface area contributed by atoms with Crippen LogP contribution in [0.15, 0.2) is 53.7 Å². The van der Waals surface area contributed by atoms with Crippen LogP contribution in [-0.2, 0) is 23.6 Å². The van der Waals surface area contributed by atoms with Crippen LogP contribution in [-0.4, -0.2) is 48.4 Å². The van der Waals surface area contributed by atoms with Crippen LogP contribution in [0.1, 0.15) is 5.56 Å². The molecule has 12 heteroatoms. The van der Waals surface area contributed by atoms with Crippen LogP contribution in [0.3, 0.4) is 0 Å². The van der Waals surface area contributed by atoms with Crippen molar-refractivity contribution >= 4 is 32.6 Å². The van der Waals surface area contributed by atoms with Crippen molar-refractivity contribution in [2.45, 2.75) is 6.54 Å². The van der Waals surface area contributed by atoms with Gasteiger partial charge in [0, 0.05) is 30.9 Å². The molecule has 0 saturated heterocycles. The van der Waals surface area contributed by atoms with Gasteiger partial charge in [0.15, 0.2) is 11.5 Å². The van der Waals surface area contributed by atoms with Gasteiger partial charge in [-0.2, -0.15) is 0 Å². The topological polar surface area (TPSA) is 137 Å². The van der Waals surface area contributed by atoms with Gasteiger partial charge in [0.2, 0.25) is 10.0 Å². The number of nitrogens with one attached hydrogen (secondary N) is 2. The predicted octanol–water partition coefficient (Wildman–Crippen LogP) is 2.39. The Hall–Kier alpha value is -4.19. The highest BCUT2D eigenvalue weighted by molar-refractivity contribution is 7.92. The van der Waals surface area contributed by atoms with E-state index in [1.54, 1.807) is 51.6 Å². The minimum atomic E-state index is -3.53. The molecule has 2 N–H and O–H groups in total. The summed E-state index contributed by atoms with van der Waals surface area (Å²) in [6.07, 6.45) is 3.99. The van der Waals surface area contributed by atoms with Gasteiger partial charge in [-0.3, -0.25) is 9.52 Å². The summed E-state index contributed by atoms with van der Waals surface area (Å²) in [5.74, 6) is 1.60. The fraction of sp³-hybridized carbons (Fsp3) is 0.217. The van der Waals surface area contributed by atoms with Crippen molar-refractivity contribution in [1.82, 2.24) is 19.5 Å². The number of aromatic nitrogens is 4. The second kappa shape index (κ2) is 9.58. The van der Waals surface area contributed by atoms with E-state index >= 15 is 0 Å². The third-order valence-electron chi connectivity index (χ3n) is 5.20. The predicted molar refractivity (Wildman–Crippen MR) is 133 cm³/mol. The Kier molecular flexibility index (Phi) is 6.56. The van der Waals surface area contributed by atoms with Gasteiger partial charge in [-0.1, -0.05) is 6.07 Å². The van der Waals surface area contributed by atoms with Crippen LogP contribution in [0.25, 0.3) is 22.2 Å². The molecule has 0 spiro atoms. The molecule has 11 nitrogen and oxygen atoms in total. The van der Waals surface area contributed by atoms with Crippen molar-refractivity contribution in [3.8, 4) is 22.8 Å². The highest BCUT2D eigenvalue weighted by atomic mass is 32.2. The van der Waals surface area contributed by atoms with E-state index in [9.17, 15) is 13.2 Å². The van der Waals surface area contributed by atoms with Crippen LogP contribution >= 0.6 is 0 Å². The Bertz CT molecular complexity index is 1570. The molecule has 0 atom stereocenters. The molecule has 0 bridgehead atoms. The Morgan fingerprint density at radius 3 is 2.51 bits per heavy atom. The fourth-order valence-electron chi connectivity index (χ4n) is 3.52. The van der Waals surface area contributed by atoms with Gasteiger partial charge in [0.25, 0.3) is 5.56 Å². The largest absolute Gasteiger partial charge is 0.493 e. The summed E-state index contributed by atoms with van der Waals surface area (Å²) in [5.41, 5.74) is 2.05. The molecule has 0 fully saturated rings. The molecule has 0 radical (unpaired) electrons. The number of rotatable bonds is 8. The number of aryl methyl sites for hydroxylation is 1.